The molecule has 0 aliphatic heterocycles. The van der Waals surface area contributed by atoms with Crippen molar-refractivity contribution in [1.29, 1.82) is 0 Å². The molecule has 2 aromatic rings. The quantitative estimate of drug-likeness (QED) is 0.862. The average molecular weight is 257 g/mol. The molecule has 0 saturated heterocycles. The third-order valence-corrected chi connectivity index (χ3v) is 2.35. The van der Waals surface area contributed by atoms with Crippen molar-refractivity contribution in [3.05, 3.63) is 54.1 Å². The van der Waals surface area contributed by atoms with Crippen LogP contribution >= 0.6 is 0 Å². The number of anilines is 1. The lowest BCUT2D eigenvalue weighted by atomic mass is 10.2. The number of rotatable bonds is 4. The Hall–Kier alpha value is -2.76. The van der Waals surface area contributed by atoms with Gasteiger partial charge in [-0.25, -0.2) is 9.78 Å². The van der Waals surface area contributed by atoms with Gasteiger partial charge < -0.3 is 10.4 Å². The zero-order valence-electron chi connectivity index (χ0n) is 9.91. The Balaban J connectivity index is 2.09. The number of pyridine rings is 2. The van der Waals surface area contributed by atoms with Gasteiger partial charge in [-0.05, 0) is 24.3 Å². The summed E-state index contributed by atoms with van der Waals surface area (Å²) in [6.45, 7) is 0. The minimum absolute atomic E-state index is 0.0782. The molecule has 2 heterocycles. The van der Waals surface area contributed by atoms with E-state index in [-0.39, 0.29) is 23.7 Å². The Kier molecular flexibility index (Phi) is 3.82. The number of aromatic carboxylic acids is 1. The van der Waals surface area contributed by atoms with E-state index in [1.807, 2.05) is 0 Å². The first kappa shape index (κ1) is 12.7. The third-order valence-electron chi connectivity index (χ3n) is 2.35. The number of nitrogens with zero attached hydrogens (tertiary/aromatic N) is 2. The highest BCUT2D eigenvalue weighted by atomic mass is 16.4. The molecule has 0 aliphatic carbocycles. The van der Waals surface area contributed by atoms with E-state index >= 15 is 0 Å². The summed E-state index contributed by atoms with van der Waals surface area (Å²) in [7, 11) is 0. The molecule has 0 bridgehead atoms. The normalized spacial score (nSPS) is 9.89. The molecule has 0 spiro atoms. The van der Waals surface area contributed by atoms with E-state index in [1.54, 1.807) is 30.5 Å². The summed E-state index contributed by atoms with van der Waals surface area (Å²) in [5, 5.41) is 11.5. The van der Waals surface area contributed by atoms with Crippen LogP contribution in [0.1, 0.15) is 16.2 Å². The fraction of sp³-hybridized carbons (Fsp3) is 0.0769. The van der Waals surface area contributed by atoms with Crippen molar-refractivity contribution in [3.63, 3.8) is 0 Å². The molecule has 2 N–H and O–H groups in total. The van der Waals surface area contributed by atoms with Gasteiger partial charge in [0.05, 0.1) is 12.1 Å². The van der Waals surface area contributed by atoms with E-state index in [9.17, 15) is 9.59 Å². The maximum Gasteiger partial charge on any atom is 0.356 e. The van der Waals surface area contributed by atoms with Gasteiger partial charge in [-0.15, -0.1) is 0 Å². The van der Waals surface area contributed by atoms with Gasteiger partial charge in [-0.3, -0.25) is 9.78 Å². The van der Waals surface area contributed by atoms with Gasteiger partial charge in [0, 0.05) is 18.1 Å². The number of aromatic nitrogens is 2. The van der Waals surface area contributed by atoms with Crippen LogP contribution in [-0.2, 0) is 11.2 Å². The second kappa shape index (κ2) is 5.72. The van der Waals surface area contributed by atoms with E-state index < -0.39 is 5.97 Å². The Morgan fingerprint density at radius 3 is 2.58 bits per heavy atom. The molecule has 6 heteroatoms. The largest absolute Gasteiger partial charge is 0.476 e. The molecule has 2 rings (SSSR count). The number of amides is 1. The molecule has 19 heavy (non-hydrogen) atoms. The summed E-state index contributed by atoms with van der Waals surface area (Å²) < 4.78 is 0. The maximum absolute atomic E-state index is 11.8. The predicted molar refractivity (Wildman–Crippen MR) is 67.8 cm³/mol. The van der Waals surface area contributed by atoms with Crippen molar-refractivity contribution in [3.8, 4) is 0 Å². The minimum atomic E-state index is -1.19. The van der Waals surface area contributed by atoms with Gasteiger partial charge in [-0.2, -0.15) is 0 Å². The lowest BCUT2D eigenvalue weighted by molar-refractivity contribution is -0.115. The van der Waals surface area contributed by atoms with Crippen LogP contribution in [0.4, 0.5) is 5.69 Å². The number of carboxylic acids is 1. The first-order valence-electron chi connectivity index (χ1n) is 5.55. The van der Waals surface area contributed by atoms with Crippen LogP contribution in [0.15, 0.2) is 42.7 Å². The molecule has 0 unspecified atom stereocenters. The molecule has 0 saturated carbocycles. The minimum Gasteiger partial charge on any atom is -0.476 e. The van der Waals surface area contributed by atoms with Crippen LogP contribution in [0.25, 0.3) is 0 Å². The highest BCUT2D eigenvalue weighted by molar-refractivity contribution is 5.99. The van der Waals surface area contributed by atoms with Gasteiger partial charge in [0.25, 0.3) is 0 Å². The number of nitrogens with one attached hydrogen (secondary N) is 1. The summed E-state index contributed by atoms with van der Waals surface area (Å²) >= 11 is 0. The zero-order chi connectivity index (χ0) is 13.7. The van der Waals surface area contributed by atoms with E-state index in [2.05, 4.69) is 15.3 Å². The molecule has 0 fully saturated rings. The summed E-state index contributed by atoms with van der Waals surface area (Å²) in [5.41, 5.74) is 0.605. The second-order valence-corrected chi connectivity index (χ2v) is 3.75. The van der Waals surface area contributed by atoms with Crippen LogP contribution in [0.2, 0.25) is 0 Å². The molecule has 0 aromatic carbocycles. The monoisotopic (exact) mass is 257 g/mol. The Bertz CT molecular complexity index is 599. The van der Waals surface area contributed by atoms with Gasteiger partial charge in [-0.1, -0.05) is 6.07 Å². The molecular weight excluding hydrogens is 246 g/mol. The molecule has 2 aromatic heterocycles. The second-order valence-electron chi connectivity index (χ2n) is 3.75. The van der Waals surface area contributed by atoms with Crippen molar-refractivity contribution in [2.24, 2.45) is 0 Å². The van der Waals surface area contributed by atoms with Crippen LogP contribution in [0.3, 0.4) is 0 Å². The third kappa shape index (κ3) is 3.35. The van der Waals surface area contributed by atoms with E-state index in [0.29, 0.717) is 5.69 Å². The van der Waals surface area contributed by atoms with Crippen LogP contribution in [-0.4, -0.2) is 27.0 Å². The highest BCUT2D eigenvalue weighted by Gasteiger charge is 2.13. The molecule has 0 atom stereocenters. The van der Waals surface area contributed by atoms with Gasteiger partial charge in [0.1, 0.15) is 0 Å². The van der Waals surface area contributed by atoms with Gasteiger partial charge >= 0.3 is 5.97 Å². The Morgan fingerprint density at radius 1 is 1.11 bits per heavy atom. The summed E-state index contributed by atoms with van der Waals surface area (Å²) in [5.74, 6) is -1.53. The van der Waals surface area contributed by atoms with Gasteiger partial charge in [0.2, 0.25) is 5.91 Å². The fourth-order valence-electron chi connectivity index (χ4n) is 1.54. The fourth-order valence-corrected chi connectivity index (χ4v) is 1.54. The molecular formula is C13H11N3O3. The first-order chi connectivity index (χ1) is 9.16. The standard InChI is InChI=1S/C13H11N3O3/c17-11(8-9-4-1-2-6-14-9)16-10-5-3-7-15-12(10)13(18)19/h1-7H,8H2,(H,16,17)(H,18,19). The predicted octanol–water partition coefficient (Wildman–Crippen LogP) is 1.36. The van der Waals surface area contributed by atoms with Crippen LogP contribution < -0.4 is 5.32 Å². The molecule has 0 aliphatic rings. The summed E-state index contributed by atoms with van der Waals surface area (Å²) in [6.07, 6.45) is 3.03. The van der Waals surface area contributed by atoms with Crippen molar-refractivity contribution in [2.45, 2.75) is 6.42 Å². The Morgan fingerprint density at radius 2 is 1.89 bits per heavy atom. The summed E-state index contributed by atoms with van der Waals surface area (Å²) in [4.78, 5) is 30.5. The van der Waals surface area contributed by atoms with Crippen molar-refractivity contribution in [1.82, 2.24) is 9.97 Å². The number of carbonyl (C=O) groups excluding carboxylic acids is 1. The lowest BCUT2D eigenvalue weighted by Crippen LogP contribution is -2.17. The molecule has 96 valence electrons. The number of hydrogen-bond acceptors (Lipinski definition) is 4. The molecule has 6 nitrogen and oxygen atoms in total. The zero-order valence-corrected chi connectivity index (χ0v) is 9.91. The topological polar surface area (TPSA) is 92.2 Å². The van der Waals surface area contributed by atoms with Crippen molar-refractivity contribution < 1.29 is 14.7 Å². The van der Waals surface area contributed by atoms with Crippen LogP contribution in [0, 0.1) is 0 Å². The number of hydrogen-bond donors (Lipinski definition) is 2. The Labute approximate surface area is 109 Å². The maximum atomic E-state index is 11.8. The van der Waals surface area contributed by atoms with Gasteiger partial charge in [0.15, 0.2) is 5.69 Å². The smallest absolute Gasteiger partial charge is 0.356 e. The number of carbonyl (C=O) groups is 2. The average Bonchev–Trinajstić information content (AvgIpc) is 2.40. The summed E-state index contributed by atoms with van der Waals surface area (Å²) in [6, 6.07) is 8.31. The van der Waals surface area contributed by atoms with Crippen molar-refractivity contribution in [2.75, 3.05) is 5.32 Å². The van der Waals surface area contributed by atoms with E-state index in [1.165, 1.54) is 12.3 Å². The van der Waals surface area contributed by atoms with E-state index in [0.717, 1.165) is 0 Å². The first-order valence-corrected chi connectivity index (χ1v) is 5.55. The molecule has 0 radical (unpaired) electrons. The van der Waals surface area contributed by atoms with E-state index in [4.69, 9.17) is 5.11 Å². The lowest BCUT2D eigenvalue weighted by Gasteiger charge is -2.07. The van der Waals surface area contributed by atoms with Crippen LogP contribution in [0.5, 0.6) is 0 Å². The number of carboxylic acid groups (broad SMARTS) is 1. The molecule has 1 amide bonds. The highest BCUT2D eigenvalue weighted by Crippen LogP contribution is 2.12. The van der Waals surface area contributed by atoms with Crippen molar-refractivity contribution >= 4 is 17.6 Å². The SMILES string of the molecule is O=C(Cc1ccccn1)Nc1cccnc1C(=O)O.